The SMILES string of the molecule is [2H]C([2H])([2H])C(C)(c1cc2cc(CC(=O)C3(c4ccc5c(c4)OC(F)(F)O5)C([2H])([2H])C3([2H])[2H])c(F)cc2n1C([2H])([2H])[C@]([2H])(O)C([2H])([2H])O)C([2H])([2H])C. The van der Waals surface area contributed by atoms with Crippen molar-refractivity contribution >= 4 is 16.7 Å². The number of hydrogen-bond donors (Lipinski definition) is 2. The fraction of sp³-hybridized carbons (Fsp3) is 0.464. The van der Waals surface area contributed by atoms with Gasteiger partial charge in [-0.2, -0.15) is 0 Å². The maximum atomic E-state index is 16.0. The molecular weight excluding hydrogens is 487 g/mol. The van der Waals surface area contributed by atoms with E-state index in [1.165, 1.54) is 0 Å². The molecule has 2 aliphatic rings. The number of carbonyl (C=O) groups excluding carboxylic acids is 1. The summed E-state index contributed by atoms with van der Waals surface area (Å²) in [4.78, 5) is 14.0. The van der Waals surface area contributed by atoms with Gasteiger partial charge < -0.3 is 24.3 Å². The van der Waals surface area contributed by atoms with Crippen LogP contribution in [0.1, 0.15) is 75.8 Å². The summed E-state index contributed by atoms with van der Waals surface area (Å²) in [5, 5.41) is 20.3. The van der Waals surface area contributed by atoms with E-state index in [4.69, 9.17) is 19.2 Å². The quantitative estimate of drug-likeness (QED) is 0.407. The second-order valence-corrected chi connectivity index (χ2v) is 8.74. The summed E-state index contributed by atoms with van der Waals surface area (Å²) in [7, 11) is 0. The summed E-state index contributed by atoms with van der Waals surface area (Å²) in [5.74, 6) is -3.79. The fourth-order valence-corrected chi connectivity index (χ4v) is 4.16. The van der Waals surface area contributed by atoms with Gasteiger partial charge in [0.05, 0.1) is 36.9 Å². The van der Waals surface area contributed by atoms with Crippen LogP contribution in [0.15, 0.2) is 36.4 Å². The summed E-state index contributed by atoms with van der Waals surface area (Å²) in [6.07, 6.45) is -18.1. The molecule has 1 aromatic heterocycles. The van der Waals surface area contributed by atoms with E-state index in [0.717, 1.165) is 44.2 Å². The number of rotatable bonds is 9. The molecule has 1 saturated carbocycles. The Morgan fingerprint density at radius 3 is 2.68 bits per heavy atom. The van der Waals surface area contributed by atoms with Crippen molar-refractivity contribution < 1.29 is 56.8 Å². The number of hydrogen-bond acceptors (Lipinski definition) is 5. The maximum absolute atomic E-state index is 16.0. The highest BCUT2D eigenvalue weighted by molar-refractivity contribution is 5.95. The number of fused-ring (bicyclic) bond motifs is 2. The standard InChI is InChI=1S/C28H30F3NO5/c1-4-26(2,3)24-10-17-9-16(20(29)13-21(17)32(24)14-19(34)15-33)11-25(35)27(7-8-27)18-5-6-22-23(12-18)37-28(30,31)36-22/h5-6,9-10,12-13,19,33-34H,4,7-8,11,14-15H2,1-3H3/t19-/m0/s1/i2D3,4D2,7D2,8D2,14D2,15D2,19D/t19-,26?. The first-order valence-corrected chi connectivity index (χ1v) is 10.9. The summed E-state index contributed by atoms with van der Waals surface area (Å²) >= 11 is 0. The number of Topliss-reactive ketones (excluding diaryl/α,β-unsaturated/α-hetero) is 1. The average Bonchev–Trinajstić information content (AvgIpc) is 3.25. The molecule has 0 bridgehead atoms. The van der Waals surface area contributed by atoms with Crippen LogP contribution in [0.4, 0.5) is 13.2 Å². The van der Waals surface area contributed by atoms with E-state index < -0.39 is 114 Å². The van der Waals surface area contributed by atoms with E-state index >= 15 is 4.39 Å². The zero-order valence-corrected chi connectivity index (χ0v) is 19.4. The molecule has 198 valence electrons. The number of aromatic nitrogens is 1. The molecule has 37 heavy (non-hydrogen) atoms. The third-order valence-electron chi connectivity index (χ3n) is 6.28. The highest BCUT2D eigenvalue weighted by Gasteiger charge is 2.52. The Kier molecular flexibility index (Phi) is 3.24. The van der Waals surface area contributed by atoms with E-state index in [-0.39, 0.29) is 9.95 Å². The highest BCUT2D eigenvalue weighted by Crippen LogP contribution is 2.52. The second-order valence-electron chi connectivity index (χ2n) is 8.74. The number of aliphatic hydroxyl groups is 2. The van der Waals surface area contributed by atoms with Crippen molar-refractivity contribution in [1.29, 1.82) is 0 Å². The molecule has 9 heteroatoms. The second kappa shape index (κ2) is 8.77. The predicted octanol–water partition coefficient (Wildman–Crippen LogP) is 4.99. The number of benzene rings is 2. The van der Waals surface area contributed by atoms with E-state index in [1.807, 2.05) is 0 Å². The normalized spacial score (nSPS) is 30.2. The molecule has 0 spiro atoms. The van der Waals surface area contributed by atoms with Crippen LogP contribution in [-0.2, 0) is 28.5 Å². The topological polar surface area (TPSA) is 80.9 Å². The van der Waals surface area contributed by atoms with Gasteiger partial charge in [-0.25, -0.2) is 4.39 Å². The number of ether oxygens (including phenoxy) is 2. The first-order chi connectivity index (χ1) is 22.6. The fourth-order valence-electron chi connectivity index (χ4n) is 4.16. The van der Waals surface area contributed by atoms with E-state index in [2.05, 4.69) is 9.47 Å². The molecule has 0 radical (unpaired) electrons. The number of alkyl halides is 2. The molecule has 2 atom stereocenters. The Morgan fingerprint density at radius 2 is 2.03 bits per heavy atom. The summed E-state index contributed by atoms with van der Waals surface area (Å²) in [6.45, 7) is -9.58. The van der Waals surface area contributed by atoms with Crippen molar-refractivity contribution in [3.8, 4) is 11.5 Å². The van der Waals surface area contributed by atoms with E-state index in [1.54, 1.807) is 0 Å². The Balaban J connectivity index is 1.72. The number of nitrogens with zero attached hydrogens (tertiary/aromatic N) is 1. The predicted molar refractivity (Wildman–Crippen MR) is 131 cm³/mol. The van der Waals surface area contributed by atoms with Crippen molar-refractivity contribution in [2.24, 2.45) is 0 Å². The van der Waals surface area contributed by atoms with Crippen LogP contribution >= 0.6 is 0 Å². The monoisotopic (exact) mass is 531 g/mol. The van der Waals surface area contributed by atoms with Crippen LogP contribution in [0.5, 0.6) is 11.5 Å². The van der Waals surface area contributed by atoms with Gasteiger partial charge in [-0.05, 0) is 60.6 Å². The molecule has 2 aromatic carbocycles. The van der Waals surface area contributed by atoms with Crippen LogP contribution in [0.25, 0.3) is 10.9 Å². The lowest BCUT2D eigenvalue weighted by molar-refractivity contribution is -0.286. The number of carbonyl (C=O) groups is 1. The Labute approximate surface area is 232 Å². The minimum Gasteiger partial charge on any atom is -0.395 e. The Bertz CT molecular complexity index is 1920. The zero-order chi connectivity index (χ0) is 39.1. The van der Waals surface area contributed by atoms with Gasteiger partial charge in [0.15, 0.2) is 11.5 Å². The minimum absolute atomic E-state index is 0.174. The van der Waals surface area contributed by atoms with Gasteiger partial charge in [0.2, 0.25) is 0 Å². The first kappa shape index (κ1) is 13.7. The molecule has 1 unspecified atom stereocenters. The average molecular weight is 532 g/mol. The van der Waals surface area contributed by atoms with Gasteiger partial charge in [0.1, 0.15) is 11.6 Å². The largest absolute Gasteiger partial charge is 0.586 e. The Morgan fingerprint density at radius 1 is 1.30 bits per heavy atom. The third-order valence-corrected chi connectivity index (χ3v) is 6.28. The van der Waals surface area contributed by atoms with Crippen molar-refractivity contribution in [2.45, 2.75) is 75.9 Å². The maximum Gasteiger partial charge on any atom is 0.586 e. The number of ketones is 1. The molecule has 1 aliphatic heterocycles. The van der Waals surface area contributed by atoms with Crippen molar-refractivity contribution in [3.63, 3.8) is 0 Å². The van der Waals surface area contributed by atoms with E-state index in [0.29, 0.717) is 6.07 Å². The molecule has 6 nitrogen and oxygen atoms in total. The summed E-state index contributed by atoms with van der Waals surface area (Å²) < 4.78 is 167. The molecule has 3 aromatic rings. The van der Waals surface area contributed by atoms with Crippen molar-refractivity contribution in [3.05, 3.63) is 59.0 Å². The number of halogens is 3. The molecule has 1 fully saturated rings. The van der Waals surface area contributed by atoms with Crippen molar-refractivity contribution in [1.82, 2.24) is 4.57 Å². The van der Waals surface area contributed by atoms with Gasteiger partial charge in [-0.15, -0.1) is 8.78 Å². The van der Waals surface area contributed by atoms with Gasteiger partial charge in [0, 0.05) is 35.3 Å². The zero-order valence-electron chi connectivity index (χ0n) is 33.4. The van der Waals surface area contributed by atoms with Crippen LogP contribution < -0.4 is 9.47 Å². The molecule has 2 N–H and O–H groups in total. The molecule has 0 amide bonds. The van der Waals surface area contributed by atoms with Crippen LogP contribution in [0.2, 0.25) is 0 Å². The molecule has 1 aliphatic carbocycles. The van der Waals surface area contributed by atoms with Crippen LogP contribution in [0.3, 0.4) is 0 Å². The molecular formula is C28H30F3NO5. The summed E-state index contributed by atoms with van der Waals surface area (Å²) in [5.41, 5.74) is -8.05. The first-order valence-electron chi connectivity index (χ1n) is 17.9. The molecule has 2 heterocycles. The smallest absolute Gasteiger partial charge is 0.395 e. The Hall–Kier alpha value is -3.04. The van der Waals surface area contributed by atoms with Crippen LogP contribution in [0, 0.1) is 5.82 Å². The lowest BCUT2D eigenvalue weighted by Crippen LogP contribution is -2.26. The lowest BCUT2D eigenvalue weighted by Gasteiger charge is -2.26. The van der Waals surface area contributed by atoms with Crippen LogP contribution in [-0.4, -0.2) is 39.5 Å². The minimum atomic E-state index is -4.15. The highest BCUT2D eigenvalue weighted by atomic mass is 19.3. The lowest BCUT2D eigenvalue weighted by atomic mass is 9.86. The molecule has 5 rings (SSSR count). The van der Waals surface area contributed by atoms with Gasteiger partial charge in [-0.3, -0.25) is 4.79 Å². The molecule has 0 saturated heterocycles. The summed E-state index contributed by atoms with van der Waals surface area (Å²) in [6, 6.07) is 4.86. The van der Waals surface area contributed by atoms with Crippen molar-refractivity contribution in [2.75, 3.05) is 6.56 Å². The van der Waals surface area contributed by atoms with Gasteiger partial charge >= 0.3 is 6.29 Å². The van der Waals surface area contributed by atoms with Gasteiger partial charge in [0.25, 0.3) is 0 Å². The van der Waals surface area contributed by atoms with Gasteiger partial charge in [-0.1, -0.05) is 26.8 Å². The third kappa shape index (κ3) is 4.48. The van der Waals surface area contributed by atoms with E-state index in [9.17, 15) is 23.8 Å².